The van der Waals surface area contributed by atoms with E-state index in [2.05, 4.69) is 9.71 Å². The van der Waals surface area contributed by atoms with Crippen LogP contribution in [0.5, 0.6) is 0 Å². The van der Waals surface area contributed by atoms with E-state index < -0.39 is 20.7 Å². The summed E-state index contributed by atoms with van der Waals surface area (Å²) >= 11 is 7.07. The molecule has 20 heavy (non-hydrogen) atoms. The first-order valence-electron chi connectivity index (χ1n) is 5.75. The maximum absolute atomic E-state index is 13.7. The molecule has 1 aromatic carbocycles. The molecule has 0 unspecified atom stereocenters. The van der Waals surface area contributed by atoms with Crippen molar-refractivity contribution in [2.24, 2.45) is 0 Å². The second-order valence-electron chi connectivity index (χ2n) is 4.06. The van der Waals surface area contributed by atoms with E-state index in [9.17, 15) is 12.8 Å². The first-order valence-corrected chi connectivity index (χ1v) is 8.49. The van der Waals surface area contributed by atoms with Gasteiger partial charge in [0.15, 0.2) is 5.82 Å². The maximum atomic E-state index is 13.7. The van der Waals surface area contributed by atoms with E-state index in [1.165, 1.54) is 29.5 Å². The lowest BCUT2D eigenvalue weighted by Crippen LogP contribution is -2.27. The molecule has 0 amide bonds. The van der Waals surface area contributed by atoms with Crippen molar-refractivity contribution in [2.45, 2.75) is 18.2 Å². The third-order valence-corrected chi connectivity index (χ3v) is 5.14. The first kappa shape index (κ1) is 15.4. The van der Waals surface area contributed by atoms with E-state index in [-0.39, 0.29) is 11.6 Å². The first-order chi connectivity index (χ1) is 9.40. The predicted octanol–water partition coefficient (Wildman–Crippen LogP) is 2.77. The molecule has 4 nitrogen and oxygen atoms in total. The Balaban J connectivity index is 2.06. The van der Waals surface area contributed by atoms with E-state index in [0.717, 1.165) is 10.7 Å². The number of thiazole rings is 1. The van der Waals surface area contributed by atoms with E-state index in [0.29, 0.717) is 6.42 Å². The number of hydrogen-bond acceptors (Lipinski definition) is 4. The molecular weight excluding hydrogens is 323 g/mol. The molecule has 0 atom stereocenters. The lowest BCUT2D eigenvalue weighted by Gasteiger charge is -2.07. The van der Waals surface area contributed by atoms with Gasteiger partial charge >= 0.3 is 0 Å². The molecule has 0 saturated carbocycles. The van der Waals surface area contributed by atoms with Crippen LogP contribution in [0, 0.1) is 12.7 Å². The largest absolute Gasteiger partial charge is 0.247 e. The van der Waals surface area contributed by atoms with Crippen molar-refractivity contribution < 1.29 is 12.8 Å². The number of sulfonamides is 1. The number of aromatic nitrogens is 1. The van der Waals surface area contributed by atoms with E-state index in [1.54, 1.807) is 0 Å². The van der Waals surface area contributed by atoms with E-state index in [4.69, 9.17) is 11.6 Å². The average molecular weight is 335 g/mol. The summed E-state index contributed by atoms with van der Waals surface area (Å²) in [5.41, 5.74) is 0.807. The topological polar surface area (TPSA) is 59.1 Å². The zero-order valence-corrected chi connectivity index (χ0v) is 12.9. The summed E-state index contributed by atoms with van der Waals surface area (Å²) in [6.07, 6.45) is 0.450. The molecule has 2 aromatic rings. The third-order valence-electron chi connectivity index (χ3n) is 2.55. The zero-order chi connectivity index (χ0) is 14.8. The minimum Gasteiger partial charge on any atom is -0.247 e. The van der Waals surface area contributed by atoms with Gasteiger partial charge in [0.2, 0.25) is 10.0 Å². The Labute approximate surface area is 125 Å². The third kappa shape index (κ3) is 3.54. The lowest BCUT2D eigenvalue weighted by molar-refractivity contribution is 0.557. The molecule has 0 bridgehead atoms. The fraction of sp³-hybridized carbons (Fsp3) is 0.250. The van der Waals surface area contributed by atoms with Crippen LogP contribution in [-0.4, -0.2) is 19.9 Å². The summed E-state index contributed by atoms with van der Waals surface area (Å²) in [5.74, 6) is -0.939. The van der Waals surface area contributed by atoms with Crippen molar-refractivity contribution in [3.8, 4) is 0 Å². The molecule has 8 heteroatoms. The number of aryl methyl sites for hydroxylation is 1. The van der Waals surface area contributed by atoms with Gasteiger partial charge in [0, 0.05) is 18.3 Å². The Morgan fingerprint density at radius 1 is 1.45 bits per heavy atom. The van der Waals surface area contributed by atoms with Crippen molar-refractivity contribution in [1.82, 2.24) is 9.71 Å². The van der Waals surface area contributed by atoms with Crippen LogP contribution in [0.25, 0.3) is 0 Å². The molecule has 108 valence electrons. The number of hydrogen-bond donors (Lipinski definition) is 1. The SMILES string of the molecule is Cc1nc(CCNS(=O)(=O)c2cccc(Cl)c2F)cs1. The molecule has 1 aromatic heterocycles. The van der Waals surface area contributed by atoms with Crippen molar-refractivity contribution >= 4 is 33.0 Å². The Hall–Kier alpha value is -1.02. The van der Waals surface area contributed by atoms with Gasteiger partial charge in [-0.3, -0.25) is 0 Å². The summed E-state index contributed by atoms with van der Waals surface area (Å²) in [5, 5.41) is 2.57. The maximum Gasteiger partial charge on any atom is 0.243 e. The average Bonchev–Trinajstić information content (AvgIpc) is 2.78. The Bertz CT molecular complexity index is 716. The number of nitrogens with zero attached hydrogens (tertiary/aromatic N) is 1. The lowest BCUT2D eigenvalue weighted by atomic mass is 10.3. The Morgan fingerprint density at radius 3 is 2.85 bits per heavy atom. The van der Waals surface area contributed by atoms with Crippen LogP contribution in [-0.2, 0) is 16.4 Å². The molecule has 0 saturated heterocycles. The van der Waals surface area contributed by atoms with Crippen LogP contribution in [0.15, 0.2) is 28.5 Å². The normalized spacial score (nSPS) is 11.8. The highest BCUT2D eigenvalue weighted by atomic mass is 35.5. The molecule has 0 spiro atoms. The standard InChI is InChI=1S/C12H12ClFN2O2S2/c1-8-16-9(7-19-8)5-6-15-20(17,18)11-4-2-3-10(13)12(11)14/h2-4,7,15H,5-6H2,1H3. The molecule has 1 heterocycles. The Morgan fingerprint density at radius 2 is 2.20 bits per heavy atom. The molecule has 0 fully saturated rings. The minimum absolute atomic E-state index is 0.150. The summed E-state index contributed by atoms with van der Waals surface area (Å²) in [6, 6.07) is 3.87. The van der Waals surface area contributed by atoms with Crippen molar-refractivity contribution in [3.63, 3.8) is 0 Å². The molecule has 0 aliphatic heterocycles. The minimum atomic E-state index is -3.91. The van der Waals surface area contributed by atoms with Gasteiger partial charge in [0.05, 0.1) is 15.7 Å². The molecule has 0 aliphatic rings. The van der Waals surface area contributed by atoms with Crippen LogP contribution >= 0.6 is 22.9 Å². The van der Waals surface area contributed by atoms with Gasteiger partial charge in [-0.15, -0.1) is 11.3 Å². The smallest absolute Gasteiger partial charge is 0.243 e. The van der Waals surface area contributed by atoms with Crippen molar-refractivity contribution in [1.29, 1.82) is 0 Å². The molecular formula is C12H12ClFN2O2S2. The number of halogens is 2. The summed E-state index contributed by atoms with van der Waals surface area (Å²) in [6.45, 7) is 2.02. The molecule has 2 rings (SSSR count). The highest BCUT2D eigenvalue weighted by Crippen LogP contribution is 2.21. The van der Waals surface area contributed by atoms with Crippen molar-refractivity contribution in [2.75, 3.05) is 6.54 Å². The van der Waals surface area contributed by atoms with Gasteiger partial charge in [-0.2, -0.15) is 0 Å². The fourth-order valence-corrected chi connectivity index (χ4v) is 3.61. The van der Waals surface area contributed by atoms with Gasteiger partial charge in [0.1, 0.15) is 4.90 Å². The molecule has 1 N–H and O–H groups in total. The number of rotatable bonds is 5. The monoisotopic (exact) mass is 334 g/mol. The van der Waals surface area contributed by atoms with E-state index >= 15 is 0 Å². The second-order valence-corrected chi connectivity index (χ2v) is 7.26. The van der Waals surface area contributed by atoms with Crippen molar-refractivity contribution in [3.05, 3.63) is 45.1 Å². The van der Waals surface area contributed by atoms with Crippen LogP contribution in [0.2, 0.25) is 5.02 Å². The fourth-order valence-electron chi connectivity index (χ4n) is 1.61. The van der Waals surface area contributed by atoms with Gasteiger partial charge in [-0.1, -0.05) is 17.7 Å². The van der Waals surface area contributed by atoms with Gasteiger partial charge in [-0.25, -0.2) is 22.5 Å². The second kappa shape index (κ2) is 6.17. The van der Waals surface area contributed by atoms with Gasteiger partial charge < -0.3 is 0 Å². The highest BCUT2D eigenvalue weighted by Gasteiger charge is 2.20. The predicted molar refractivity (Wildman–Crippen MR) is 77.2 cm³/mol. The van der Waals surface area contributed by atoms with E-state index in [1.807, 2.05) is 12.3 Å². The number of nitrogens with one attached hydrogen (secondary N) is 1. The zero-order valence-electron chi connectivity index (χ0n) is 10.6. The van der Waals surface area contributed by atoms with Crippen LogP contribution < -0.4 is 4.72 Å². The van der Waals surface area contributed by atoms with Crippen LogP contribution in [0.1, 0.15) is 10.7 Å². The molecule has 0 radical (unpaired) electrons. The van der Waals surface area contributed by atoms with Gasteiger partial charge in [-0.05, 0) is 19.1 Å². The highest BCUT2D eigenvalue weighted by molar-refractivity contribution is 7.89. The van der Waals surface area contributed by atoms with Crippen LogP contribution in [0.3, 0.4) is 0 Å². The van der Waals surface area contributed by atoms with Crippen LogP contribution in [0.4, 0.5) is 4.39 Å². The summed E-state index contributed by atoms with van der Waals surface area (Å²) in [4.78, 5) is 3.78. The summed E-state index contributed by atoms with van der Waals surface area (Å²) in [7, 11) is -3.91. The summed E-state index contributed by atoms with van der Waals surface area (Å²) < 4.78 is 40.0. The Kier molecular flexibility index (Phi) is 4.74. The molecule has 0 aliphatic carbocycles. The number of benzene rings is 1. The van der Waals surface area contributed by atoms with Gasteiger partial charge in [0.25, 0.3) is 0 Å². The quantitative estimate of drug-likeness (QED) is 0.914.